The van der Waals surface area contributed by atoms with Crippen molar-refractivity contribution in [2.24, 2.45) is 10.9 Å². The molecular weight excluding hydrogens is 246 g/mol. The highest BCUT2D eigenvalue weighted by Crippen LogP contribution is 2.15. The highest BCUT2D eigenvalue weighted by atomic mass is 32.2. The van der Waals surface area contributed by atoms with Gasteiger partial charge in [-0.15, -0.1) is 0 Å². The maximum atomic E-state index is 11.4. The Hall–Kier alpha value is -1.80. The summed E-state index contributed by atoms with van der Waals surface area (Å²) in [6.45, 7) is 0. The molecule has 1 aromatic rings. The maximum Gasteiger partial charge on any atom is 0.384 e. The molecule has 1 aromatic carbocycles. The molecule has 0 aliphatic heterocycles. The molecule has 0 amide bonds. The fraction of sp³-hybridized carbons (Fsp3) is 0.222. The van der Waals surface area contributed by atoms with Crippen LogP contribution < -0.4 is 9.92 Å². The zero-order valence-corrected chi connectivity index (χ0v) is 10.2. The molecular formula is C9H13N3O4S. The van der Waals surface area contributed by atoms with Crippen LogP contribution in [0, 0.1) is 0 Å². The van der Waals surface area contributed by atoms with E-state index in [1.165, 1.54) is 38.4 Å². The average molecular weight is 259 g/mol. The largest absolute Gasteiger partial charge is 0.409 e. The van der Waals surface area contributed by atoms with Crippen LogP contribution in [0.2, 0.25) is 0 Å². The lowest BCUT2D eigenvalue weighted by Crippen LogP contribution is -2.27. The van der Waals surface area contributed by atoms with Gasteiger partial charge in [0.15, 0.2) is 5.84 Å². The summed E-state index contributed by atoms with van der Waals surface area (Å²) >= 11 is 0. The minimum absolute atomic E-state index is 0.0629. The maximum absolute atomic E-state index is 11.4. The summed E-state index contributed by atoms with van der Waals surface area (Å²) in [7, 11) is -1.05. The number of rotatable bonds is 4. The molecule has 94 valence electrons. The molecule has 0 radical (unpaired) electrons. The van der Waals surface area contributed by atoms with Crippen molar-refractivity contribution >= 4 is 16.1 Å². The Labute approximate surface area is 99.4 Å². The van der Waals surface area contributed by atoms with Gasteiger partial charge in [-0.3, -0.25) is 0 Å². The minimum Gasteiger partial charge on any atom is -0.409 e. The zero-order chi connectivity index (χ0) is 13.1. The van der Waals surface area contributed by atoms with Crippen molar-refractivity contribution in [1.82, 2.24) is 4.31 Å². The van der Waals surface area contributed by atoms with E-state index in [0.29, 0.717) is 5.56 Å². The Morgan fingerprint density at radius 2 is 1.88 bits per heavy atom. The van der Waals surface area contributed by atoms with E-state index in [9.17, 15) is 8.42 Å². The van der Waals surface area contributed by atoms with Gasteiger partial charge in [-0.1, -0.05) is 5.16 Å². The van der Waals surface area contributed by atoms with Crippen molar-refractivity contribution in [3.05, 3.63) is 29.8 Å². The molecule has 0 aliphatic carbocycles. The van der Waals surface area contributed by atoms with E-state index < -0.39 is 10.3 Å². The summed E-state index contributed by atoms with van der Waals surface area (Å²) < 4.78 is 28.5. The first-order valence-corrected chi connectivity index (χ1v) is 5.93. The van der Waals surface area contributed by atoms with Crippen LogP contribution in [0.25, 0.3) is 0 Å². The number of amidine groups is 1. The first kappa shape index (κ1) is 13.3. The molecule has 0 aromatic heterocycles. The Balaban J connectivity index is 2.90. The smallest absolute Gasteiger partial charge is 0.384 e. The fourth-order valence-electron chi connectivity index (χ4n) is 0.935. The van der Waals surface area contributed by atoms with E-state index in [1.807, 2.05) is 0 Å². The summed E-state index contributed by atoms with van der Waals surface area (Å²) in [6, 6.07) is 5.79. The standard InChI is InChI=1S/C9H13N3O4S/c1-12(2)17(14,15)16-8-5-3-7(4-6-8)9(10)11-13/h3-6,13H,1-2H3,(H2,10,11). The number of nitrogens with zero attached hydrogens (tertiary/aromatic N) is 2. The van der Waals surface area contributed by atoms with E-state index >= 15 is 0 Å². The van der Waals surface area contributed by atoms with E-state index in [-0.39, 0.29) is 11.6 Å². The lowest BCUT2D eigenvalue weighted by Gasteiger charge is -2.11. The molecule has 0 fully saturated rings. The second kappa shape index (κ2) is 5.02. The molecule has 0 spiro atoms. The summed E-state index contributed by atoms with van der Waals surface area (Å²) in [4.78, 5) is 0. The molecule has 0 heterocycles. The SMILES string of the molecule is CN(C)S(=O)(=O)Oc1ccc(/C(N)=N\O)cc1. The van der Waals surface area contributed by atoms with Crippen molar-refractivity contribution in [3.8, 4) is 5.75 Å². The topological polar surface area (TPSA) is 105 Å². The summed E-state index contributed by atoms with van der Waals surface area (Å²) in [5.74, 6) is 0.0835. The van der Waals surface area contributed by atoms with Crippen LogP contribution in [0.15, 0.2) is 29.4 Å². The number of nitrogens with two attached hydrogens (primary N) is 1. The van der Waals surface area contributed by atoms with Gasteiger partial charge >= 0.3 is 10.3 Å². The van der Waals surface area contributed by atoms with Gasteiger partial charge in [0.25, 0.3) is 0 Å². The van der Waals surface area contributed by atoms with Crippen LogP contribution >= 0.6 is 0 Å². The molecule has 0 aliphatic rings. The highest BCUT2D eigenvalue weighted by Gasteiger charge is 2.15. The molecule has 0 saturated heterocycles. The lowest BCUT2D eigenvalue weighted by atomic mass is 10.2. The molecule has 8 heteroatoms. The first-order valence-electron chi connectivity index (χ1n) is 4.56. The summed E-state index contributed by atoms with van der Waals surface area (Å²) in [5, 5.41) is 11.3. The van der Waals surface area contributed by atoms with Crippen molar-refractivity contribution in [2.45, 2.75) is 0 Å². The monoisotopic (exact) mass is 259 g/mol. The lowest BCUT2D eigenvalue weighted by molar-refractivity contribution is 0.318. The third-order valence-corrected chi connectivity index (χ3v) is 3.20. The summed E-state index contributed by atoms with van der Waals surface area (Å²) in [6.07, 6.45) is 0. The first-order chi connectivity index (χ1) is 7.86. The molecule has 1 rings (SSSR count). The van der Waals surface area contributed by atoms with Crippen LogP contribution in [0.1, 0.15) is 5.56 Å². The molecule has 3 N–H and O–H groups in total. The molecule has 7 nitrogen and oxygen atoms in total. The quantitative estimate of drug-likeness (QED) is 0.342. The molecule has 0 atom stereocenters. The van der Waals surface area contributed by atoms with E-state index in [2.05, 4.69) is 5.16 Å². The average Bonchev–Trinajstić information content (AvgIpc) is 2.28. The number of oxime groups is 1. The molecule has 0 unspecified atom stereocenters. The van der Waals surface area contributed by atoms with Crippen molar-refractivity contribution < 1.29 is 17.8 Å². The summed E-state index contributed by atoms with van der Waals surface area (Å²) in [5.41, 5.74) is 5.81. The van der Waals surface area contributed by atoms with Gasteiger partial charge < -0.3 is 15.1 Å². The van der Waals surface area contributed by atoms with Gasteiger partial charge in [0.05, 0.1) is 0 Å². The van der Waals surface area contributed by atoms with Crippen LogP contribution in [-0.2, 0) is 10.3 Å². The van der Waals surface area contributed by atoms with Gasteiger partial charge in [-0.05, 0) is 24.3 Å². The van der Waals surface area contributed by atoms with E-state index in [1.54, 1.807) is 0 Å². The third kappa shape index (κ3) is 3.33. The van der Waals surface area contributed by atoms with Gasteiger partial charge in [-0.2, -0.15) is 12.7 Å². The van der Waals surface area contributed by atoms with Crippen LogP contribution in [0.5, 0.6) is 5.75 Å². The zero-order valence-electron chi connectivity index (χ0n) is 9.36. The van der Waals surface area contributed by atoms with E-state index in [0.717, 1.165) is 4.31 Å². The normalized spacial score (nSPS) is 12.8. The molecule has 17 heavy (non-hydrogen) atoms. The fourth-order valence-corrected chi connectivity index (χ4v) is 1.44. The predicted molar refractivity (Wildman–Crippen MR) is 62.2 cm³/mol. The van der Waals surface area contributed by atoms with E-state index in [4.69, 9.17) is 15.1 Å². The van der Waals surface area contributed by atoms with Gasteiger partial charge in [0, 0.05) is 19.7 Å². The van der Waals surface area contributed by atoms with Crippen molar-refractivity contribution in [3.63, 3.8) is 0 Å². The Morgan fingerprint density at radius 3 is 2.29 bits per heavy atom. The number of hydrogen-bond donors (Lipinski definition) is 2. The van der Waals surface area contributed by atoms with Crippen molar-refractivity contribution in [1.29, 1.82) is 0 Å². The molecule has 0 bridgehead atoms. The Bertz CT molecular complexity index is 508. The number of hydrogen-bond acceptors (Lipinski definition) is 5. The van der Waals surface area contributed by atoms with Crippen molar-refractivity contribution in [2.75, 3.05) is 14.1 Å². The highest BCUT2D eigenvalue weighted by molar-refractivity contribution is 7.84. The second-order valence-electron chi connectivity index (χ2n) is 3.33. The molecule has 0 saturated carbocycles. The third-order valence-electron chi connectivity index (χ3n) is 1.91. The van der Waals surface area contributed by atoms with Crippen LogP contribution in [-0.4, -0.2) is 37.9 Å². The number of benzene rings is 1. The Kier molecular flexibility index (Phi) is 3.92. The van der Waals surface area contributed by atoms with Gasteiger partial charge in [0.2, 0.25) is 0 Å². The second-order valence-corrected chi connectivity index (χ2v) is 5.09. The minimum atomic E-state index is -3.77. The van der Waals surface area contributed by atoms with Gasteiger partial charge in [0.1, 0.15) is 5.75 Å². The van der Waals surface area contributed by atoms with Gasteiger partial charge in [-0.25, -0.2) is 0 Å². The Morgan fingerprint density at radius 1 is 1.35 bits per heavy atom. The van der Waals surface area contributed by atoms with Crippen LogP contribution in [0.4, 0.5) is 0 Å². The van der Waals surface area contributed by atoms with Crippen LogP contribution in [0.3, 0.4) is 0 Å². The predicted octanol–water partition coefficient (Wildman–Crippen LogP) is -0.0337.